The molecular formula is C19H19ClN2O4S2. The van der Waals surface area contributed by atoms with E-state index in [1.54, 1.807) is 12.1 Å². The smallest absolute Gasteiger partial charge is 0.279 e. The predicted molar refractivity (Wildman–Crippen MR) is 111 cm³/mol. The van der Waals surface area contributed by atoms with Crippen LogP contribution in [0.25, 0.3) is 10.2 Å². The minimum atomic E-state index is -3.41. The van der Waals surface area contributed by atoms with Crippen LogP contribution in [0.2, 0.25) is 5.02 Å². The summed E-state index contributed by atoms with van der Waals surface area (Å²) in [6.45, 7) is 3.53. The van der Waals surface area contributed by atoms with Crippen molar-refractivity contribution in [1.82, 2.24) is 4.57 Å². The molecule has 0 aliphatic heterocycles. The number of benzene rings is 2. The lowest BCUT2D eigenvalue weighted by Crippen LogP contribution is -2.19. The van der Waals surface area contributed by atoms with Gasteiger partial charge in [0, 0.05) is 30.0 Å². The fraction of sp³-hybridized carbons (Fsp3) is 0.263. The van der Waals surface area contributed by atoms with E-state index < -0.39 is 15.7 Å². The Morgan fingerprint density at radius 3 is 2.75 bits per heavy atom. The molecule has 6 nitrogen and oxygen atoms in total. The van der Waals surface area contributed by atoms with E-state index in [4.69, 9.17) is 16.3 Å². The number of aromatic nitrogens is 1. The molecule has 0 N–H and O–H groups in total. The number of hydrogen-bond donors (Lipinski definition) is 0. The lowest BCUT2D eigenvalue weighted by atomic mass is 10.2. The first-order chi connectivity index (χ1) is 13.3. The number of halogens is 1. The normalized spacial score (nSPS) is 12.6. The first kappa shape index (κ1) is 20.7. The maximum absolute atomic E-state index is 12.7. The quantitative estimate of drug-likeness (QED) is 0.551. The van der Waals surface area contributed by atoms with Crippen LogP contribution < -0.4 is 4.80 Å². The van der Waals surface area contributed by atoms with Gasteiger partial charge in [-0.1, -0.05) is 29.0 Å². The summed E-state index contributed by atoms with van der Waals surface area (Å²) in [4.78, 5) is 17.5. The highest BCUT2D eigenvalue weighted by atomic mass is 35.5. The number of sulfone groups is 1. The molecule has 0 aliphatic rings. The molecule has 28 heavy (non-hydrogen) atoms. The molecule has 0 saturated carbocycles. The Kier molecular flexibility index (Phi) is 6.34. The maximum Gasteiger partial charge on any atom is 0.279 e. The number of ether oxygens (including phenoxy) is 1. The van der Waals surface area contributed by atoms with Gasteiger partial charge in [0.15, 0.2) is 14.6 Å². The van der Waals surface area contributed by atoms with E-state index in [-0.39, 0.29) is 10.5 Å². The van der Waals surface area contributed by atoms with E-state index in [1.807, 2.05) is 23.6 Å². The third-order valence-corrected chi connectivity index (χ3v) is 6.40. The van der Waals surface area contributed by atoms with Gasteiger partial charge in [-0.2, -0.15) is 4.99 Å². The van der Waals surface area contributed by atoms with Gasteiger partial charge in [-0.05, 0) is 43.3 Å². The van der Waals surface area contributed by atoms with Crippen LogP contribution in [0.5, 0.6) is 0 Å². The Morgan fingerprint density at radius 2 is 2.04 bits per heavy atom. The predicted octanol–water partition coefficient (Wildman–Crippen LogP) is 3.54. The van der Waals surface area contributed by atoms with Gasteiger partial charge in [-0.25, -0.2) is 8.42 Å². The lowest BCUT2D eigenvalue weighted by Gasteiger charge is -2.05. The van der Waals surface area contributed by atoms with Crippen LogP contribution in [0, 0.1) is 0 Å². The average Bonchev–Trinajstić information content (AvgIpc) is 2.97. The highest BCUT2D eigenvalue weighted by Crippen LogP contribution is 2.22. The fourth-order valence-electron chi connectivity index (χ4n) is 2.66. The molecule has 1 heterocycles. The van der Waals surface area contributed by atoms with Crippen LogP contribution in [0.1, 0.15) is 17.3 Å². The molecule has 3 aromatic rings. The zero-order chi connectivity index (χ0) is 20.3. The summed E-state index contributed by atoms with van der Waals surface area (Å²) in [6.07, 6.45) is 1.10. The number of hydrogen-bond acceptors (Lipinski definition) is 5. The number of thiazole rings is 1. The summed E-state index contributed by atoms with van der Waals surface area (Å²) in [5.74, 6) is -0.506. The SMILES string of the molecule is CCOCCn1c(=NC(=O)c2cccc(S(C)(=O)=O)c2)sc2cc(Cl)ccc21. The molecule has 148 valence electrons. The average molecular weight is 439 g/mol. The number of fused-ring (bicyclic) bond motifs is 1. The summed E-state index contributed by atoms with van der Waals surface area (Å²) in [5.41, 5.74) is 1.13. The maximum atomic E-state index is 12.7. The van der Waals surface area contributed by atoms with Crippen molar-refractivity contribution < 1.29 is 17.9 Å². The Morgan fingerprint density at radius 1 is 1.25 bits per heavy atom. The van der Waals surface area contributed by atoms with E-state index in [0.29, 0.717) is 29.6 Å². The zero-order valence-electron chi connectivity index (χ0n) is 15.4. The highest BCUT2D eigenvalue weighted by Gasteiger charge is 2.13. The van der Waals surface area contributed by atoms with Crippen molar-refractivity contribution in [1.29, 1.82) is 0 Å². The van der Waals surface area contributed by atoms with Gasteiger partial charge in [0.05, 0.1) is 21.7 Å². The van der Waals surface area contributed by atoms with Crippen LogP contribution in [-0.2, 0) is 21.1 Å². The van der Waals surface area contributed by atoms with Gasteiger partial charge in [-0.15, -0.1) is 0 Å². The Bertz CT molecular complexity index is 1200. The molecule has 0 atom stereocenters. The first-order valence-electron chi connectivity index (χ1n) is 8.55. The fourth-order valence-corrected chi connectivity index (χ4v) is 4.66. The van der Waals surface area contributed by atoms with Gasteiger partial charge in [0.2, 0.25) is 0 Å². The topological polar surface area (TPSA) is 77.7 Å². The summed E-state index contributed by atoms with van der Waals surface area (Å²) in [6, 6.07) is 11.4. The zero-order valence-corrected chi connectivity index (χ0v) is 17.8. The van der Waals surface area contributed by atoms with Gasteiger partial charge in [0.25, 0.3) is 5.91 Å². The van der Waals surface area contributed by atoms with Crippen LogP contribution in [-0.4, -0.2) is 38.4 Å². The van der Waals surface area contributed by atoms with E-state index in [9.17, 15) is 13.2 Å². The van der Waals surface area contributed by atoms with Crippen molar-refractivity contribution in [3.05, 3.63) is 57.9 Å². The second-order valence-electron chi connectivity index (χ2n) is 6.06. The largest absolute Gasteiger partial charge is 0.380 e. The van der Waals surface area contributed by atoms with Gasteiger partial charge < -0.3 is 9.30 Å². The summed E-state index contributed by atoms with van der Waals surface area (Å²) in [7, 11) is -3.41. The molecular weight excluding hydrogens is 420 g/mol. The van der Waals surface area contributed by atoms with Crippen LogP contribution in [0.15, 0.2) is 52.4 Å². The van der Waals surface area contributed by atoms with Crippen molar-refractivity contribution in [2.75, 3.05) is 19.5 Å². The molecule has 0 unspecified atom stereocenters. The molecule has 9 heteroatoms. The molecule has 0 radical (unpaired) electrons. The third-order valence-electron chi connectivity index (χ3n) is 4.01. The Hall–Kier alpha value is -2.00. The molecule has 3 rings (SSSR count). The van der Waals surface area contributed by atoms with E-state index in [1.165, 1.54) is 29.5 Å². The van der Waals surface area contributed by atoms with Gasteiger partial charge >= 0.3 is 0 Å². The van der Waals surface area contributed by atoms with Crippen molar-refractivity contribution in [2.45, 2.75) is 18.4 Å². The first-order valence-corrected chi connectivity index (χ1v) is 11.6. The third kappa shape index (κ3) is 4.70. The van der Waals surface area contributed by atoms with Crippen molar-refractivity contribution >= 4 is 48.9 Å². The molecule has 0 spiro atoms. The molecule has 0 bridgehead atoms. The van der Waals surface area contributed by atoms with E-state index in [0.717, 1.165) is 16.5 Å². The van der Waals surface area contributed by atoms with Crippen LogP contribution >= 0.6 is 22.9 Å². The highest BCUT2D eigenvalue weighted by molar-refractivity contribution is 7.90. The Labute approximate surface area is 172 Å². The second-order valence-corrected chi connectivity index (χ2v) is 9.52. The van der Waals surface area contributed by atoms with Gasteiger partial charge in [0.1, 0.15) is 0 Å². The van der Waals surface area contributed by atoms with Crippen molar-refractivity contribution in [2.24, 2.45) is 4.99 Å². The number of nitrogens with zero attached hydrogens (tertiary/aromatic N) is 2. The molecule has 1 aromatic heterocycles. The molecule has 1 amide bonds. The molecule has 2 aromatic carbocycles. The van der Waals surface area contributed by atoms with Crippen LogP contribution in [0.3, 0.4) is 0 Å². The number of amides is 1. The van der Waals surface area contributed by atoms with E-state index >= 15 is 0 Å². The molecule has 0 fully saturated rings. The second kappa shape index (κ2) is 8.57. The Balaban J connectivity index is 2.07. The lowest BCUT2D eigenvalue weighted by molar-refractivity contribution is 0.0996. The summed E-state index contributed by atoms with van der Waals surface area (Å²) in [5, 5.41) is 0.601. The number of carbonyl (C=O) groups is 1. The molecule has 0 aliphatic carbocycles. The van der Waals surface area contributed by atoms with Crippen LogP contribution in [0.4, 0.5) is 0 Å². The minimum Gasteiger partial charge on any atom is -0.380 e. The monoisotopic (exact) mass is 438 g/mol. The van der Waals surface area contributed by atoms with Crippen molar-refractivity contribution in [3.63, 3.8) is 0 Å². The summed E-state index contributed by atoms with van der Waals surface area (Å²) >= 11 is 7.43. The standard InChI is InChI=1S/C19H19ClN2O4S2/c1-3-26-10-9-22-16-8-7-14(20)12-17(16)27-19(22)21-18(23)13-5-4-6-15(11-13)28(2,24)25/h4-8,11-12H,3,9-10H2,1-2H3. The number of carbonyl (C=O) groups excluding carboxylic acids is 1. The van der Waals surface area contributed by atoms with Crippen molar-refractivity contribution in [3.8, 4) is 0 Å². The molecule has 0 saturated heterocycles. The number of rotatable bonds is 6. The van der Waals surface area contributed by atoms with E-state index in [2.05, 4.69) is 4.99 Å². The summed E-state index contributed by atoms with van der Waals surface area (Å²) < 4.78 is 31.7. The minimum absolute atomic E-state index is 0.0842. The van der Waals surface area contributed by atoms with Gasteiger partial charge in [-0.3, -0.25) is 4.79 Å².